The standard InChI is InChI=1S/C15H11F3N2O3/c16-15(17,18)12-4-2-1-3-11(12)13(21)20-8-10-7-9(14(22)23)5-6-19-10/h1-7H,8H2,(H,20,21)(H,22,23). The van der Waals surface area contributed by atoms with Gasteiger partial charge in [0, 0.05) is 6.20 Å². The van der Waals surface area contributed by atoms with Crippen molar-refractivity contribution in [3.8, 4) is 0 Å². The molecule has 0 unspecified atom stereocenters. The van der Waals surface area contributed by atoms with Crippen LogP contribution in [0.1, 0.15) is 32.0 Å². The number of rotatable bonds is 4. The lowest BCUT2D eigenvalue weighted by Crippen LogP contribution is -2.26. The van der Waals surface area contributed by atoms with E-state index in [1.165, 1.54) is 30.5 Å². The van der Waals surface area contributed by atoms with Gasteiger partial charge in [-0.2, -0.15) is 13.2 Å². The number of halogens is 3. The first-order chi connectivity index (χ1) is 10.8. The molecule has 0 bridgehead atoms. The van der Waals surface area contributed by atoms with Gasteiger partial charge in [-0.1, -0.05) is 12.1 Å². The number of carboxylic acid groups (broad SMARTS) is 1. The number of nitrogens with one attached hydrogen (secondary N) is 1. The van der Waals surface area contributed by atoms with Crippen molar-refractivity contribution in [3.63, 3.8) is 0 Å². The van der Waals surface area contributed by atoms with E-state index in [4.69, 9.17) is 5.11 Å². The number of carbonyl (C=O) groups excluding carboxylic acids is 1. The van der Waals surface area contributed by atoms with E-state index >= 15 is 0 Å². The molecule has 23 heavy (non-hydrogen) atoms. The Morgan fingerprint density at radius 1 is 1.17 bits per heavy atom. The smallest absolute Gasteiger partial charge is 0.417 e. The van der Waals surface area contributed by atoms with Crippen LogP contribution in [0, 0.1) is 0 Å². The molecule has 2 N–H and O–H groups in total. The predicted octanol–water partition coefficient (Wildman–Crippen LogP) is 2.73. The van der Waals surface area contributed by atoms with Gasteiger partial charge in [0.05, 0.1) is 28.9 Å². The van der Waals surface area contributed by atoms with Crippen molar-refractivity contribution in [2.45, 2.75) is 12.7 Å². The van der Waals surface area contributed by atoms with Crippen LogP contribution in [-0.4, -0.2) is 22.0 Å². The molecule has 0 aliphatic heterocycles. The summed E-state index contributed by atoms with van der Waals surface area (Å²) >= 11 is 0. The van der Waals surface area contributed by atoms with E-state index in [0.29, 0.717) is 0 Å². The Bertz CT molecular complexity index is 745. The molecule has 0 aliphatic carbocycles. The van der Waals surface area contributed by atoms with E-state index in [1.54, 1.807) is 0 Å². The Morgan fingerprint density at radius 3 is 2.52 bits per heavy atom. The molecular formula is C15H11F3N2O3. The number of nitrogens with zero attached hydrogens (tertiary/aromatic N) is 1. The van der Waals surface area contributed by atoms with Gasteiger partial charge in [-0.3, -0.25) is 9.78 Å². The number of alkyl halides is 3. The highest BCUT2D eigenvalue weighted by atomic mass is 19.4. The fourth-order valence-electron chi connectivity index (χ4n) is 1.90. The number of aromatic carboxylic acids is 1. The molecule has 0 fully saturated rings. The Labute approximate surface area is 128 Å². The van der Waals surface area contributed by atoms with Gasteiger partial charge in [0.1, 0.15) is 0 Å². The van der Waals surface area contributed by atoms with Crippen LogP contribution in [0.15, 0.2) is 42.6 Å². The van der Waals surface area contributed by atoms with E-state index < -0.39 is 29.2 Å². The molecule has 2 rings (SSSR count). The molecule has 1 amide bonds. The highest BCUT2D eigenvalue weighted by Gasteiger charge is 2.34. The summed E-state index contributed by atoms with van der Waals surface area (Å²) in [6.07, 6.45) is -3.40. The van der Waals surface area contributed by atoms with Crippen LogP contribution in [-0.2, 0) is 12.7 Å². The summed E-state index contributed by atoms with van der Waals surface area (Å²) in [7, 11) is 0. The zero-order valence-electron chi connectivity index (χ0n) is 11.6. The quantitative estimate of drug-likeness (QED) is 0.906. The van der Waals surface area contributed by atoms with Crippen LogP contribution in [0.4, 0.5) is 13.2 Å². The SMILES string of the molecule is O=C(O)c1ccnc(CNC(=O)c2ccccc2C(F)(F)F)c1. The van der Waals surface area contributed by atoms with Gasteiger partial charge in [-0.25, -0.2) is 4.79 Å². The zero-order valence-corrected chi connectivity index (χ0v) is 11.6. The molecule has 1 aromatic carbocycles. The lowest BCUT2D eigenvalue weighted by molar-refractivity contribution is -0.137. The van der Waals surface area contributed by atoms with Gasteiger partial charge >= 0.3 is 12.1 Å². The monoisotopic (exact) mass is 324 g/mol. The van der Waals surface area contributed by atoms with E-state index in [0.717, 1.165) is 12.1 Å². The average Bonchev–Trinajstić information content (AvgIpc) is 2.52. The summed E-state index contributed by atoms with van der Waals surface area (Å²) in [6, 6.07) is 6.91. The summed E-state index contributed by atoms with van der Waals surface area (Å²) in [5, 5.41) is 11.1. The Hall–Kier alpha value is -2.90. The zero-order chi connectivity index (χ0) is 17.0. The average molecular weight is 324 g/mol. The van der Waals surface area contributed by atoms with Gasteiger partial charge in [0.15, 0.2) is 0 Å². The van der Waals surface area contributed by atoms with Crippen molar-refractivity contribution in [1.82, 2.24) is 10.3 Å². The molecule has 120 valence electrons. The third-order valence-corrected chi connectivity index (χ3v) is 2.97. The van der Waals surface area contributed by atoms with E-state index in [1.807, 2.05) is 0 Å². The van der Waals surface area contributed by atoms with E-state index in [9.17, 15) is 22.8 Å². The Balaban J connectivity index is 2.15. The number of aromatic nitrogens is 1. The van der Waals surface area contributed by atoms with Gasteiger partial charge in [0.2, 0.25) is 0 Å². The summed E-state index contributed by atoms with van der Waals surface area (Å²) in [5.74, 6) is -2.08. The first kappa shape index (κ1) is 16.5. The molecule has 0 spiro atoms. The predicted molar refractivity (Wildman–Crippen MR) is 73.8 cm³/mol. The number of pyridine rings is 1. The molecular weight excluding hydrogens is 313 g/mol. The van der Waals surface area contributed by atoms with Crippen LogP contribution >= 0.6 is 0 Å². The number of benzene rings is 1. The first-order valence-electron chi connectivity index (χ1n) is 6.41. The highest BCUT2D eigenvalue weighted by Crippen LogP contribution is 2.31. The lowest BCUT2D eigenvalue weighted by Gasteiger charge is -2.12. The highest BCUT2D eigenvalue weighted by molar-refractivity contribution is 5.95. The topological polar surface area (TPSA) is 79.3 Å². The third kappa shape index (κ3) is 4.06. The first-order valence-corrected chi connectivity index (χ1v) is 6.41. The Kier molecular flexibility index (Phi) is 4.63. The molecule has 1 aromatic heterocycles. The number of carboxylic acids is 1. The number of amides is 1. The number of carbonyl (C=O) groups is 2. The minimum absolute atomic E-state index is 0.0278. The van der Waals surface area contributed by atoms with Gasteiger partial charge in [-0.15, -0.1) is 0 Å². The minimum atomic E-state index is -4.64. The van der Waals surface area contributed by atoms with Gasteiger partial charge < -0.3 is 10.4 Å². The fraction of sp³-hybridized carbons (Fsp3) is 0.133. The summed E-state index contributed by atoms with van der Waals surface area (Å²) in [6.45, 7) is -0.188. The molecule has 0 atom stereocenters. The van der Waals surface area contributed by atoms with Gasteiger partial charge in [-0.05, 0) is 24.3 Å². The molecule has 0 radical (unpaired) electrons. The molecule has 2 aromatic rings. The van der Waals surface area contributed by atoms with E-state index in [2.05, 4.69) is 10.3 Å². The van der Waals surface area contributed by atoms with Crippen molar-refractivity contribution in [3.05, 3.63) is 65.0 Å². The summed E-state index contributed by atoms with van der Waals surface area (Å²) in [5.41, 5.74) is -1.35. The molecule has 0 saturated carbocycles. The van der Waals surface area contributed by atoms with Crippen molar-refractivity contribution < 1.29 is 27.9 Å². The third-order valence-electron chi connectivity index (χ3n) is 2.97. The summed E-state index contributed by atoms with van der Waals surface area (Å²) in [4.78, 5) is 26.6. The molecule has 0 saturated heterocycles. The second kappa shape index (κ2) is 6.47. The molecule has 8 heteroatoms. The van der Waals surface area contributed by atoms with Crippen molar-refractivity contribution in [1.29, 1.82) is 0 Å². The van der Waals surface area contributed by atoms with Crippen LogP contribution in [0.2, 0.25) is 0 Å². The second-order valence-electron chi connectivity index (χ2n) is 4.57. The maximum absolute atomic E-state index is 12.9. The van der Waals surface area contributed by atoms with Crippen LogP contribution in [0.5, 0.6) is 0 Å². The van der Waals surface area contributed by atoms with Gasteiger partial charge in [0.25, 0.3) is 5.91 Å². The number of hydrogen-bond acceptors (Lipinski definition) is 3. The minimum Gasteiger partial charge on any atom is -0.478 e. The fourth-order valence-corrected chi connectivity index (χ4v) is 1.90. The summed E-state index contributed by atoms with van der Waals surface area (Å²) < 4.78 is 38.6. The second-order valence-corrected chi connectivity index (χ2v) is 4.57. The maximum atomic E-state index is 12.9. The van der Waals surface area contributed by atoms with Crippen molar-refractivity contribution >= 4 is 11.9 Å². The Morgan fingerprint density at radius 2 is 1.87 bits per heavy atom. The molecule has 0 aliphatic rings. The van der Waals surface area contributed by atoms with Crippen LogP contribution < -0.4 is 5.32 Å². The van der Waals surface area contributed by atoms with E-state index in [-0.39, 0.29) is 17.8 Å². The normalized spacial score (nSPS) is 11.1. The molecule has 5 nitrogen and oxygen atoms in total. The largest absolute Gasteiger partial charge is 0.478 e. The van der Waals surface area contributed by atoms with Crippen LogP contribution in [0.3, 0.4) is 0 Å². The van der Waals surface area contributed by atoms with Crippen molar-refractivity contribution in [2.24, 2.45) is 0 Å². The number of hydrogen-bond donors (Lipinski definition) is 2. The maximum Gasteiger partial charge on any atom is 0.417 e. The lowest BCUT2D eigenvalue weighted by atomic mass is 10.1. The van der Waals surface area contributed by atoms with Crippen LogP contribution in [0.25, 0.3) is 0 Å². The van der Waals surface area contributed by atoms with Crippen molar-refractivity contribution in [2.75, 3.05) is 0 Å². The molecule has 1 heterocycles.